The lowest BCUT2D eigenvalue weighted by Gasteiger charge is -2.13. The molecule has 0 amide bonds. The Morgan fingerprint density at radius 2 is 1.75 bits per heavy atom. The maximum atomic E-state index is 14.0. The first-order valence-corrected chi connectivity index (χ1v) is 7.14. The fourth-order valence-corrected chi connectivity index (χ4v) is 2.56. The Morgan fingerprint density at radius 1 is 1.10 bits per heavy atom. The molecule has 0 spiro atoms. The van der Waals surface area contributed by atoms with Crippen LogP contribution in [-0.4, -0.2) is 18.3 Å². The van der Waals surface area contributed by atoms with E-state index < -0.39 is 11.9 Å². The molecule has 4 heteroatoms. The average molecular weight is 339 g/mol. The summed E-state index contributed by atoms with van der Waals surface area (Å²) < 4.78 is 19.9. The lowest BCUT2D eigenvalue weighted by Crippen LogP contribution is -2.15. The second-order valence-corrected chi connectivity index (χ2v) is 5.44. The molecule has 0 heterocycles. The van der Waals surface area contributed by atoms with Gasteiger partial charge in [-0.1, -0.05) is 46.3 Å². The van der Waals surface area contributed by atoms with Gasteiger partial charge < -0.3 is 9.84 Å². The number of aliphatic hydroxyl groups is 1. The molecule has 106 valence electrons. The third-order valence-corrected chi connectivity index (χ3v) is 3.91. The van der Waals surface area contributed by atoms with Gasteiger partial charge >= 0.3 is 0 Å². The number of benzene rings is 2. The van der Waals surface area contributed by atoms with Crippen LogP contribution in [-0.2, 0) is 12.8 Å². The molecule has 0 fully saturated rings. The molecule has 20 heavy (non-hydrogen) atoms. The molecule has 0 aromatic heterocycles. The van der Waals surface area contributed by atoms with Crippen LogP contribution in [0.1, 0.15) is 11.1 Å². The molecule has 2 nitrogen and oxygen atoms in total. The first kappa shape index (κ1) is 15.0. The molecule has 0 aliphatic carbocycles. The minimum absolute atomic E-state index is 0.204. The monoisotopic (exact) mass is 338 g/mol. The summed E-state index contributed by atoms with van der Waals surface area (Å²) in [6, 6.07) is 12.7. The van der Waals surface area contributed by atoms with Crippen molar-refractivity contribution in [3.8, 4) is 5.75 Å². The van der Waals surface area contributed by atoms with Crippen molar-refractivity contribution >= 4 is 15.9 Å². The molecular formula is C16H16BrFO2. The van der Waals surface area contributed by atoms with Gasteiger partial charge in [-0.3, -0.25) is 0 Å². The summed E-state index contributed by atoms with van der Waals surface area (Å²) in [5, 5.41) is 10.1. The van der Waals surface area contributed by atoms with Gasteiger partial charge in [-0.15, -0.1) is 0 Å². The molecule has 1 N–H and O–H groups in total. The van der Waals surface area contributed by atoms with Gasteiger partial charge in [0.05, 0.1) is 13.2 Å². The maximum Gasteiger partial charge on any atom is 0.168 e. The van der Waals surface area contributed by atoms with Crippen LogP contribution in [0.25, 0.3) is 0 Å². The maximum absolute atomic E-state index is 14.0. The second kappa shape index (κ2) is 6.86. The Hall–Kier alpha value is -1.39. The van der Waals surface area contributed by atoms with Gasteiger partial charge in [0.2, 0.25) is 0 Å². The highest BCUT2D eigenvalue weighted by Crippen LogP contribution is 2.23. The van der Waals surface area contributed by atoms with E-state index in [1.165, 1.54) is 7.11 Å². The van der Waals surface area contributed by atoms with Crippen molar-refractivity contribution in [3.63, 3.8) is 0 Å². The Bertz CT molecular complexity index is 586. The van der Waals surface area contributed by atoms with Gasteiger partial charge in [-0.2, -0.15) is 0 Å². The summed E-state index contributed by atoms with van der Waals surface area (Å²) >= 11 is 3.44. The van der Waals surface area contributed by atoms with Crippen molar-refractivity contribution in [2.45, 2.75) is 18.9 Å². The standard InChI is InChI=1S/C16H16BrFO2/c1-20-15-8-4-6-12(16(15)18)10-13(19)9-11-5-2-3-7-14(11)17/h2-8,13,19H,9-10H2,1H3. The molecule has 0 aliphatic rings. The van der Waals surface area contributed by atoms with Crippen LogP contribution < -0.4 is 4.74 Å². The van der Waals surface area contributed by atoms with E-state index in [1.807, 2.05) is 24.3 Å². The van der Waals surface area contributed by atoms with E-state index in [-0.39, 0.29) is 12.2 Å². The van der Waals surface area contributed by atoms with Crippen LogP contribution in [0, 0.1) is 5.82 Å². The third-order valence-electron chi connectivity index (χ3n) is 3.13. The van der Waals surface area contributed by atoms with Crippen LogP contribution in [0.3, 0.4) is 0 Å². The topological polar surface area (TPSA) is 29.5 Å². The van der Waals surface area contributed by atoms with E-state index >= 15 is 0 Å². The predicted molar refractivity (Wildman–Crippen MR) is 80.5 cm³/mol. The minimum Gasteiger partial charge on any atom is -0.494 e. The van der Waals surface area contributed by atoms with Crippen LogP contribution in [0.4, 0.5) is 4.39 Å². The van der Waals surface area contributed by atoms with Gasteiger partial charge in [0, 0.05) is 10.9 Å². The number of ether oxygens (including phenoxy) is 1. The SMILES string of the molecule is COc1cccc(CC(O)Cc2ccccc2Br)c1F. The van der Waals surface area contributed by atoms with Crippen molar-refractivity contribution in [2.75, 3.05) is 7.11 Å². The van der Waals surface area contributed by atoms with Crippen LogP contribution in [0.5, 0.6) is 5.75 Å². The average Bonchev–Trinajstić information content (AvgIpc) is 2.44. The van der Waals surface area contributed by atoms with Crippen molar-refractivity contribution in [1.82, 2.24) is 0 Å². The fourth-order valence-electron chi connectivity index (χ4n) is 2.12. The summed E-state index contributed by atoms with van der Waals surface area (Å²) in [7, 11) is 1.43. The fraction of sp³-hybridized carbons (Fsp3) is 0.250. The van der Waals surface area contributed by atoms with Gasteiger partial charge in [0.1, 0.15) is 0 Å². The van der Waals surface area contributed by atoms with Crippen molar-refractivity contribution in [1.29, 1.82) is 0 Å². The van der Waals surface area contributed by atoms with Crippen LogP contribution in [0.2, 0.25) is 0 Å². The Labute approximate surface area is 126 Å². The summed E-state index contributed by atoms with van der Waals surface area (Å²) in [5.74, 6) is -0.197. The zero-order valence-corrected chi connectivity index (χ0v) is 12.7. The smallest absolute Gasteiger partial charge is 0.168 e. The molecule has 1 atom stereocenters. The molecule has 0 aliphatic heterocycles. The third kappa shape index (κ3) is 3.58. The molecule has 1 unspecified atom stereocenters. The van der Waals surface area contributed by atoms with E-state index in [9.17, 15) is 9.50 Å². The number of aliphatic hydroxyl groups excluding tert-OH is 1. The first-order valence-electron chi connectivity index (χ1n) is 6.34. The highest BCUT2D eigenvalue weighted by molar-refractivity contribution is 9.10. The highest BCUT2D eigenvalue weighted by Gasteiger charge is 2.14. The number of methoxy groups -OCH3 is 1. The lowest BCUT2D eigenvalue weighted by atomic mass is 10.0. The number of halogens is 2. The number of hydrogen-bond donors (Lipinski definition) is 1. The van der Waals surface area contributed by atoms with E-state index in [4.69, 9.17) is 4.74 Å². The molecule has 0 saturated carbocycles. The van der Waals surface area contributed by atoms with E-state index in [1.54, 1.807) is 18.2 Å². The zero-order valence-electron chi connectivity index (χ0n) is 11.1. The quantitative estimate of drug-likeness (QED) is 0.899. The summed E-state index contributed by atoms with van der Waals surface area (Å²) in [5.41, 5.74) is 1.47. The summed E-state index contributed by atoms with van der Waals surface area (Å²) in [6.07, 6.45) is 0.0814. The summed E-state index contributed by atoms with van der Waals surface area (Å²) in [4.78, 5) is 0. The Kier molecular flexibility index (Phi) is 5.15. The molecule has 2 rings (SSSR count). The Balaban J connectivity index is 2.09. The molecule has 0 saturated heterocycles. The molecule has 0 radical (unpaired) electrons. The van der Waals surface area contributed by atoms with Crippen LogP contribution in [0.15, 0.2) is 46.9 Å². The van der Waals surface area contributed by atoms with Crippen LogP contribution >= 0.6 is 15.9 Å². The van der Waals surface area contributed by atoms with Crippen molar-refractivity contribution in [3.05, 3.63) is 63.9 Å². The predicted octanol–water partition coefficient (Wildman–Crippen LogP) is 3.74. The zero-order chi connectivity index (χ0) is 14.5. The van der Waals surface area contributed by atoms with Gasteiger partial charge in [0.15, 0.2) is 11.6 Å². The number of hydrogen-bond acceptors (Lipinski definition) is 2. The largest absolute Gasteiger partial charge is 0.494 e. The van der Waals surface area contributed by atoms with Gasteiger partial charge in [-0.05, 0) is 29.7 Å². The second-order valence-electron chi connectivity index (χ2n) is 4.59. The molecular weight excluding hydrogens is 323 g/mol. The molecule has 2 aromatic rings. The molecule has 2 aromatic carbocycles. The van der Waals surface area contributed by atoms with Gasteiger partial charge in [-0.25, -0.2) is 4.39 Å². The highest BCUT2D eigenvalue weighted by atomic mass is 79.9. The Morgan fingerprint density at radius 3 is 2.45 bits per heavy atom. The van der Waals surface area contributed by atoms with E-state index in [0.29, 0.717) is 12.0 Å². The first-order chi connectivity index (χ1) is 9.61. The van der Waals surface area contributed by atoms with Gasteiger partial charge in [0.25, 0.3) is 0 Å². The van der Waals surface area contributed by atoms with Crippen molar-refractivity contribution < 1.29 is 14.2 Å². The summed E-state index contributed by atoms with van der Waals surface area (Å²) in [6.45, 7) is 0. The van der Waals surface area contributed by atoms with E-state index in [2.05, 4.69) is 15.9 Å². The van der Waals surface area contributed by atoms with Crippen molar-refractivity contribution in [2.24, 2.45) is 0 Å². The number of rotatable bonds is 5. The molecule has 0 bridgehead atoms. The minimum atomic E-state index is -0.643. The normalized spacial score (nSPS) is 12.2. The lowest BCUT2D eigenvalue weighted by molar-refractivity contribution is 0.173. The van der Waals surface area contributed by atoms with E-state index in [0.717, 1.165) is 10.0 Å².